The molecule has 0 spiro atoms. The minimum Gasteiger partial charge on any atom is -0.481 e. The summed E-state index contributed by atoms with van der Waals surface area (Å²) < 4.78 is 0. The van der Waals surface area contributed by atoms with Gasteiger partial charge in [-0.15, -0.1) is 0 Å². The molecule has 0 aliphatic heterocycles. The highest BCUT2D eigenvalue weighted by atomic mass is 16.4. The van der Waals surface area contributed by atoms with Gasteiger partial charge in [0.25, 0.3) is 23.8 Å². The summed E-state index contributed by atoms with van der Waals surface area (Å²) >= 11 is 0. The van der Waals surface area contributed by atoms with Crippen LogP contribution in [0.3, 0.4) is 0 Å². The van der Waals surface area contributed by atoms with Crippen molar-refractivity contribution in [3.05, 3.63) is 29.8 Å². The number of anilines is 1. The smallest absolute Gasteiger partial charge is 0.300 e. The van der Waals surface area contributed by atoms with Crippen LogP contribution in [0.2, 0.25) is 0 Å². The lowest BCUT2D eigenvalue weighted by atomic mass is 10.1. The van der Waals surface area contributed by atoms with Crippen molar-refractivity contribution in [3.63, 3.8) is 0 Å². The van der Waals surface area contributed by atoms with E-state index in [4.69, 9.17) is 35.4 Å². The van der Waals surface area contributed by atoms with Crippen molar-refractivity contribution in [2.24, 2.45) is 10.7 Å². The number of benzene rings is 1. The van der Waals surface area contributed by atoms with Gasteiger partial charge in [-0.1, -0.05) is 25.5 Å². The lowest BCUT2D eigenvalue weighted by molar-refractivity contribution is -0.135. The molecule has 1 amide bonds. The zero-order valence-electron chi connectivity index (χ0n) is 19.8. The van der Waals surface area contributed by atoms with Gasteiger partial charge in [-0.2, -0.15) is 0 Å². The first-order valence-corrected chi connectivity index (χ1v) is 10.3. The maximum atomic E-state index is 11.7. The first-order valence-electron chi connectivity index (χ1n) is 10.3. The number of aryl methyl sites for hydroxylation is 1. The minimum atomic E-state index is -0.833. The number of aliphatic carboxylic acids is 3. The van der Waals surface area contributed by atoms with Crippen molar-refractivity contribution in [2.75, 3.05) is 31.5 Å². The van der Waals surface area contributed by atoms with Gasteiger partial charge in [0.05, 0.1) is 12.8 Å². The third kappa shape index (κ3) is 39.7. The predicted octanol–water partition coefficient (Wildman–Crippen LogP) is 1.86. The van der Waals surface area contributed by atoms with Crippen molar-refractivity contribution in [1.82, 2.24) is 5.32 Å². The van der Waals surface area contributed by atoms with Gasteiger partial charge in [-0.05, 0) is 30.5 Å². The third-order valence-corrected chi connectivity index (χ3v) is 2.99. The number of rotatable bonds is 10. The van der Waals surface area contributed by atoms with Crippen LogP contribution in [0, 0.1) is 0 Å². The second kappa shape index (κ2) is 25.0. The summed E-state index contributed by atoms with van der Waals surface area (Å²) in [5, 5.41) is 28.2. The number of carboxylic acid groups (broad SMARTS) is 3. The van der Waals surface area contributed by atoms with Crippen molar-refractivity contribution in [2.45, 2.75) is 47.0 Å². The van der Waals surface area contributed by atoms with Crippen LogP contribution in [0.4, 0.5) is 5.69 Å². The molecule has 188 valence electrons. The topological polar surface area (TPSA) is 191 Å². The summed E-state index contributed by atoms with van der Waals surface area (Å²) in [6, 6.07) is 7.97. The van der Waals surface area contributed by atoms with E-state index >= 15 is 0 Å². The Labute approximate surface area is 195 Å². The zero-order chi connectivity index (χ0) is 26.1. The highest BCUT2D eigenvalue weighted by Gasteiger charge is 1.99. The second-order valence-electron chi connectivity index (χ2n) is 6.42. The summed E-state index contributed by atoms with van der Waals surface area (Å²) in [6.07, 6.45) is 4.79. The Morgan fingerprint density at radius 3 is 1.85 bits per heavy atom. The number of carbonyl (C=O) groups is 4. The molecule has 0 saturated heterocycles. The van der Waals surface area contributed by atoms with Crippen LogP contribution in [0.15, 0.2) is 29.3 Å². The number of nitrogens with zero attached hydrogens (tertiary/aromatic N) is 1. The van der Waals surface area contributed by atoms with E-state index in [0.29, 0.717) is 13.1 Å². The molecule has 0 radical (unpaired) electrons. The molecule has 11 nitrogen and oxygen atoms in total. The molecule has 0 saturated carbocycles. The average Bonchev–Trinajstić information content (AvgIpc) is 2.69. The van der Waals surface area contributed by atoms with Gasteiger partial charge in [-0.3, -0.25) is 24.2 Å². The van der Waals surface area contributed by atoms with Gasteiger partial charge in [0, 0.05) is 46.1 Å². The van der Waals surface area contributed by atoms with Crippen LogP contribution in [0.1, 0.15) is 46.1 Å². The van der Waals surface area contributed by atoms with E-state index in [2.05, 4.69) is 34.7 Å². The van der Waals surface area contributed by atoms with Crippen LogP contribution in [-0.2, 0) is 25.6 Å². The van der Waals surface area contributed by atoms with Gasteiger partial charge in [0.1, 0.15) is 0 Å². The molecule has 1 aromatic rings. The fourth-order valence-electron chi connectivity index (χ4n) is 1.83. The number of nitrogens with two attached hydrogens (primary N) is 1. The molecule has 0 aromatic heterocycles. The number of hydrogen-bond acceptors (Lipinski definition) is 7. The maximum Gasteiger partial charge on any atom is 0.300 e. The standard InChI is InChI=1S/C16H26N4O.3C2H4O2/c1-2-3-4-14-5-7-15(8-6-14)20-16(21)13-19-12-11-18-10-9-17;3*1-2(3)4/h5-8,13,18H,2-4,9-12,17H2,1H3,(H,20,21);3*1H3,(H,3,4). The Kier molecular flexibility index (Phi) is 25.9. The van der Waals surface area contributed by atoms with Crippen LogP contribution < -0.4 is 16.4 Å². The fraction of sp³-hybridized carbons (Fsp3) is 0.500. The van der Waals surface area contributed by atoms with Gasteiger partial charge < -0.3 is 31.7 Å². The first-order chi connectivity index (χ1) is 15.5. The quantitative estimate of drug-likeness (QED) is 0.219. The van der Waals surface area contributed by atoms with E-state index in [-0.39, 0.29) is 5.91 Å². The Morgan fingerprint density at radius 2 is 1.42 bits per heavy atom. The summed E-state index contributed by atoms with van der Waals surface area (Å²) in [6.45, 7) is 8.11. The molecule has 33 heavy (non-hydrogen) atoms. The zero-order valence-corrected chi connectivity index (χ0v) is 19.8. The van der Waals surface area contributed by atoms with Crippen molar-refractivity contribution in [1.29, 1.82) is 0 Å². The number of nitrogens with one attached hydrogen (secondary N) is 2. The average molecular weight is 471 g/mol. The Morgan fingerprint density at radius 1 is 0.939 bits per heavy atom. The molecule has 0 aliphatic rings. The lowest BCUT2D eigenvalue weighted by Crippen LogP contribution is -2.25. The molecular weight excluding hydrogens is 432 g/mol. The molecule has 0 atom stereocenters. The summed E-state index contributed by atoms with van der Waals surface area (Å²) in [5.74, 6) is -2.70. The summed E-state index contributed by atoms with van der Waals surface area (Å²) in [5.41, 5.74) is 7.45. The third-order valence-electron chi connectivity index (χ3n) is 2.99. The van der Waals surface area contributed by atoms with E-state index in [9.17, 15) is 4.79 Å². The largest absolute Gasteiger partial charge is 0.481 e. The number of amides is 1. The van der Waals surface area contributed by atoms with Crippen LogP contribution in [0.5, 0.6) is 0 Å². The van der Waals surface area contributed by atoms with Crippen LogP contribution in [0.25, 0.3) is 0 Å². The number of carboxylic acids is 3. The molecule has 0 heterocycles. The minimum absolute atomic E-state index is 0.199. The van der Waals surface area contributed by atoms with Crippen LogP contribution in [-0.4, -0.2) is 71.5 Å². The molecule has 0 bridgehead atoms. The molecular formula is C22H38N4O7. The highest BCUT2D eigenvalue weighted by molar-refractivity contribution is 6.31. The van der Waals surface area contributed by atoms with E-state index < -0.39 is 17.9 Å². The van der Waals surface area contributed by atoms with Crippen LogP contribution >= 0.6 is 0 Å². The van der Waals surface area contributed by atoms with E-state index in [0.717, 1.165) is 46.0 Å². The van der Waals surface area contributed by atoms with E-state index in [1.54, 1.807) is 0 Å². The first kappa shape index (κ1) is 34.3. The van der Waals surface area contributed by atoms with E-state index in [1.165, 1.54) is 24.6 Å². The predicted molar refractivity (Wildman–Crippen MR) is 129 cm³/mol. The number of carbonyl (C=O) groups excluding carboxylic acids is 1. The molecule has 1 rings (SSSR count). The maximum absolute atomic E-state index is 11.7. The van der Waals surface area contributed by atoms with E-state index in [1.807, 2.05) is 12.1 Å². The Balaban J connectivity index is -0.000000618. The summed E-state index contributed by atoms with van der Waals surface area (Å²) in [7, 11) is 0. The van der Waals surface area contributed by atoms with Crippen molar-refractivity contribution in [3.8, 4) is 0 Å². The number of unbranched alkanes of at least 4 members (excludes halogenated alkanes) is 1. The lowest BCUT2D eigenvalue weighted by Gasteiger charge is -2.04. The number of aliphatic imine (C=N–C) groups is 1. The van der Waals surface area contributed by atoms with Gasteiger partial charge in [0.15, 0.2) is 0 Å². The van der Waals surface area contributed by atoms with Gasteiger partial charge in [0.2, 0.25) is 0 Å². The highest BCUT2D eigenvalue weighted by Crippen LogP contribution is 2.11. The molecule has 11 heteroatoms. The molecule has 0 fully saturated rings. The van der Waals surface area contributed by atoms with Crippen molar-refractivity contribution >= 4 is 35.7 Å². The number of hydrogen-bond donors (Lipinski definition) is 6. The Bertz CT molecular complexity index is 652. The summed E-state index contributed by atoms with van der Waals surface area (Å²) in [4.78, 5) is 42.7. The monoisotopic (exact) mass is 470 g/mol. The fourth-order valence-corrected chi connectivity index (χ4v) is 1.83. The molecule has 7 N–H and O–H groups in total. The SMILES string of the molecule is CC(=O)O.CC(=O)O.CC(=O)O.CCCCc1ccc(NC(=O)C=NCCNCCN)cc1. The molecule has 1 aromatic carbocycles. The normalized spacial score (nSPS) is 9.24. The van der Waals surface area contributed by atoms with Gasteiger partial charge in [-0.25, -0.2) is 0 Å². The Hall–Kier alpha value is -3.31. The second-order valence-corrected chi connectivity index (χ2v) is 6.42. The molecule has 0 unspecified atom stereocenters. The molecule has 0 aliphatic carbocycles. The van der Waals surface area contributed by atoms with Crippen molar-refractivity contribution < 1.29 is 34.5 Å². The van der Waals surface area contributed by atoms with Gasteiger partial charge >= 0.3 is 0 Å².